The summed E-state index contributed by atoms with van der Waals surface area (Å²) in [6.07, 6.45) is 3.57. The molecule has 3 rings (SSSR count). The van der Waals surface area contributed by atoms with Crippen molar-refractivity contribution in [3.63, 3.8) is 0 Å². The Morgan fingerprint density at radius 2 is 2.06 bits per heavy atom. The van der Waals surface area contributed by atoms with Crippen LogP contribution < -0.4 is 10.2 Å². The third-order valence-corrected chi connectivity index (χ3v) is 2.38. The molecule has 0 bridgehead atoms. The first-order chi connectivity index (χ1) is 7.83. The summed E-state index contributed by atoms with van der Waals surface area (Å²) < 4.78 is 7.14. The van der Waals surface area contributed by atoms with Crippen molar-refractivity contribution in [3.8, 4) is 17.3 Å². The molecule has 80 valence electrons. The van der Waals surface area contributed by atoms with Crippen LogP contribution >= 0.6 is 0 Å². The number of aromatic nitrogens is 2. The molecule has 1 aliphatic rings. The molecule has 4 heteroatoms. The standard InChI is InChI=1S/C12H11N3O/c1-9-8-16-12-13-11(7-15(12)14-9)10-5-3-2-4-6-10/h2-8,14H,1H3. The van der Waals surface area contributed by atoms with Crippen LogP contribution in [0.1, 0.15) is 6.92 Å². The number of benzene rings is 1. The largest absolute Gasteiger partial charge is 0.430 e. The predicted molar refractivity (Wildman–Crippen MR) is 61.4 cm³/mol. The number of rotatable bonds is 1. The summed E-state index contributed by atoms with van der Waals surface area (Å²) in [7, 11) is 0. The van der Waals surface area contributed by atoms with Crippen molar-refractivity contribution in [1.29, 1.82) is 0 Å². The number of imidazole rings is 1. The first-order valence-electron chi connectivity index (χ1n) is 5.08. The molecule has 1 aromatic heterocycles. The number of nitrogens with zero attached hydrogens (tertiary/aromatic N) is 2. The quantitative estimate of drug-likeness (QED) is 0.790. The van der Waals surface area contributed by atoms with Crippen LogP contribution in [0.2, 0.25) is 0 Å². The Kier molecular flexibility index (Phi) is 1.93. The van der Waals surface area contributed by atoms with Crippen molar-refractivity contribution in [2.45, 2.75) is 6.92 Å². The summed E-state index contributed by atoms with van der Waals surface area (Å²) in [4.78, 5) is 4.39. The Labute approximate surface area is 93.2 Å². The molecule has 1 aromatic carbocycles. The van der Waals surface area contributed by atoms with E-state index in [4.69, 9.17) is 4.74 Å². The molecule has 1 N–H and O–H groups in total. The van der Waals surface area contributed by atoms with Crippen molar-refractivity contribution in [2.24, 2.45) is 0 Å². The zero-order chi connectivity index (χ0) is 11.0. The van der Waals surface area contributed by atoms with Crippen molar-refractivity contribution in [3.05, 3.63) is 48.5 Å². The third-order valence-electron chi connectivity index (χ3n) is 2.38. The number of nitrogens with one attached hydrogen (secondary N) is 1. The SMILES string of the molecule is CC1=COc2nc(-c3ccccc3)cn2N1. The van der Waals surface area contributed by atoms with Gasteiger partial charge in [-0.15, -0.1) is 0 Å². The van der Waals surface area contributed by atoms with Gasteiger partial charge in [0.1, 0.15) is 6.26 Å². The van der Waals surface area contributed by atoms with Gasteiger partial charge in [-0.25, -0.2) is 4.68 Å². The summed E-state index contributed by atoms with van der Waals surface area (Å²) in [6, 6.07) is 10.6. The third kappa shape index (κ3) is 1.44. The molecule has 1 aliphatic heterocycles. The first-order valence-corrected chi connectivity index (χ1v) is 5.08. The van der Waals surface area contributed by atoms with E-state index in [9.17, 15) is 0 Å². The van der Waals surface area contributed by atoms with Gasteiger partial charge in [0, 0.05) is 5.56 Å². The zero-order valence-corrected chi connectivity index (χ0v) is 8.84. The Morgan fingerprint density at radius 1 is 1.25 bits per heavy atom. The van der Waals surface area contributed by atoms with E-state index in [0.29, 0.717) is 6.01 Å². The van der Waals surface area contributed by atoms with Gasteiger partial charge < -0.3 is 4.74 Å². The summed E-state index contributed by atoms with van der Waals surface area (Å²) in [5, 5.41) is 0. The average molecular weight is 213 g/mol. The Hall–Kier alpha value is -2.23. The van der Waals surface area contributed by atoms with E-state index in [0.717, 1.165) is 17.0 Å². The normalized spacial score (nSPS) is 13.4. The molecular formula is C12H11N3O. The molecule has 0 radical (unpaired) electrons. The molecular weight excluding hydrogens is 202 g/mol. The highest BCUT2D eigenvalue weighted by molar-refractivity contribution is 5.59. The van der Waals surface area contributed by atoms with Crippen molar-refractivity contribution in [1.82, 2.24) is 9.66 Å². The molecule has 0 amide bonds. The molecule has 16 heavy (non-hydrogen) atoms. The molecule has 2 aromatic rings. The molecule has 2 heterocycles. The summed E-state index contributed by atoms with van der Waals surface area (Å²) >= 11 is 0. The molecule has 0 fully saturated rings. The lowest BCUT2D eigenvalue weighted by molar-refractivity contribution is 0.404. The van der Waals surface area contributed by atoms with Gasteiger partial charge in [-0.2, -0.15) is 4.98 Å². The van der Waals surface area contributed by atoms with Gasteiger partial charge in [-0.1, -0.05) is 30.3 Å². The van der Waals surface area contributed by atoms with Crippen LogP contribution in [0.3, 0.4) is 0 Å². The minimum Gasteiger partial charge on any atom is -0.430 e. The molecule has 0 atom stereocenters. The highest BCUT2D eigenvalue weighted by atomic mass is 16.5. The molecule has 0 unspecified atom stereocenters. The molecule has 0 spiro atoms. The van der Waals surface area contributed by atoms with E-state index in [1.807, 2.05) is 43.5 Å². The lowest BCUT2D eigenvalue weighted by Gasteiger charge is -2.14. The molecule has 0 saturated heterocycles. The molecule has 4 nitrogen and oxygen atoms in total. The second-order valence-electron chi connectivity index (χ2n) is 3.68. The lowest BCUT2D eigenvalue weighted by Crippen LogP contribution is -2.17. The van der Waals surface area contributed by atoms with Gasteiger partial charge >= 0.3 is 6.01 Å². The van der Waals surface area contributed by atoms with Crippen LogP contribution in [0.25, 0.3) is 11.3 Å². The van der Waals surface area contributed by atoms with Gasteiger partial charge in [-0.05, 0) is 6.92 Å². The van der Waals surface area contributed by atoms with Gasteiger partial charge in [0.25, 0.3) is 0 Å². The van der Waals surface area contributed by atoms with Gasteiger partial charge in [-0.3, -0.25) is 5.43 Å². The second-order valence-corrected chi connectivity index (χ2v) is 3.68. The summed E-state index contributed by atoms with van der Waals surface area (Å²) in [5.41, 5.74) is 6.06. The highest BCUT2D eigenvalue weighted by Crippen LogP contribution is 2.23. The van der Waals surface area contributed by atoms with Gasteiger partial charge in [0.15, 0.2) is 0 Å². The van der Waals surface area contributed by atoms with E-state index in [1.165, 1.54) is 0 Å². The molecule has 0 aliphatic carbocycles. The van der Waals surface area contributed by atoms with Crippen LogP contribution in [-0.2, 0) is 0 Å². The van der Waals surface area contributed by atoms with Crippen LogP contribution in [-0.4, -0.2) is 9.66 Å². The summed E-state index contributed by atoms with van der Waals surface area (Å²) in [5.74, 6) is 0. The van der Waals surface area contributed by atoms with E-state index >= 15 is 0 Å². The number of ether oxygens (including phenoxy) is 1. The number of hydrogen-bond donors (Lipinski definition) is 1. The second kappa shape index (κ2) is 3.41. The lowest BCUT2D eigenvalue weighted by atomic mass is 10.2. The maximum atomic E-state index is 5.37. The van der Waals surface area contributed by atoms with E-state index in [-0.39, 0.29) is 0 Å². The monoisotopic (exact) mass is 213 g/mol. The number of allylic oxidation sites excluding steroid dienone is 1. The van der Waals surface area contributed by atoms with Crippen molar-refractivity contribution in [2.75, 3.05) is 5.43 Å². The minimum atomic E-state index is 0.560. The fourth-order valence-electron chi connectivity index (χ4n) is 1.63. The van der Waals surface area contributed by atoms with Gasteiger partial charge in [0.2, 0.25) is 0 Å². The Balaban J connectivity index is 2.01. The zero-order valence-electron chi connectivity index (χ0n) is 8.84. The fraction of sp³-hybridized carbons (Fsp3) is 0.0833. The highest BCUT2D eigenvalue weighted by Gasteiger charge is 2.13. The first kappa shape index (κ1) is 9.03. The summed E-state index contributed by atoms with van der Waals surface area (Å²) in [6.45, 7) is 1.94. The Bertz CT molecular complexity index is 543. The number of hydrogen-bond acceptors (Lipinski definition) is 3. The minimum absolute atomic E-state index is 0.560. The number of fused-ring (bicyclic) bond motifs is 1. The van der Waals surface area contributed by atoms with Gasteiger partial charge in [0.05, 0.1) is 17.6 Å². The van der Waals surface area contributed by atoms with Crippen molar-refractivity contribution >= 4 is 0 Å². The van der Waals surface area contributed by atoms with E-state index in [2.05, 4.69) is 10.4 Å². The van der Waals surface area contributed by atoms with E-state index in [1.54, 1.807) is 10.9 Å². The van der Waals surface area contributed by atoms with Crippen molar-refractivity contribution < 1.29 is 4.74 Å². The predicted octanol–water partition coefficient (Wildman–Crippen LogP) is 2.35. The molecule has 0 saturated carbocycles. The maximum absolute atomic E-state index is 5.37. The van der Waals surface area contributed by atoms with Crippen LogP contribution in [0, 0.1) is 0 Å². The average Bonchev–Trinajstić information content (AvgIpc) is 2.73. The fourth-order valence-corrected chi connectivity index (χ4v) is 1.63. The topological polar surface area (TPSA) is 39.1 Å². The maximum Gasteiger partial charge on any atom is 0.321 e. The van der Waals surface area contributed by atoms with Crippen LogP contribution in [0.15, 0.2) is 48.5 Å². The van der Waals surface area contributed by atoms with Crippen LogP contribution in [0.4, 0.5) is 0 Å². The van der Waals surface area contributed by atoms with E-state index < -0.39 is 0 Å². The smallest absolute Gasteiger partial charge is 0.321 e. The van der Waals surface area contributed by atoms with Crippen LogP contribution in [0.5, 0.6) is 6.01 Å². The Morgan fingerprint density at radius 3 is 2.88 bits per heavy atom.